The first-order chi connectivity index (χ1) is 12.1. The smallest absolute Gasteiger partial charge is 0.257 e. The summed E-state index contributed by atoms with van der Waals surface area (Å²) < 4.78 is 0. The summed E-state index contributed by atoms with van der Waals surface area (Å²) in [5.41, 5.74) is 2.09. The number of anilines is 1. The van der Waals surface area contributed by atoms with Gasteiger partial charge in [0.2, 0.25) is 0 Å². The number of benzene rings is 2. The molecule has 7 heteroatoms. The van der Waals surface area contributed by atoms with Crippen LogP contribution in [0.2, 0.25) is 10.0 Å². The van der Waals surface area contributed by atoms with Gasteiger partial charge in [-0.3, -0.25) is 10.1 Å². The molecule has 0 aliphatic carbocycles. The number of hydrogen-bond donors (Lipinski definition) is 1. The zero-order valence-corrected chi connectivity index (χ0v) is 16.4. The summed E-state index contributed by atoms with van der Waals surface area (Å²) in [4.78, 5) is 17.9. The van der Waals surface area contributed by atoms with Crippen molar-refractivity contribution in [3.63, 3.8) is 0 Å². The molecule has 0 spiro atoms. The van der Waals surface area contributed by atoms with E-state index in [1.165, 1.54) is 11.3 Å². The van der Waals surface area contributed by atoms with Crippen molar-refractivity contribution in [1.82, 2.24) is 4.98 Å². The lowest BCUT2D eigenvalue weighted by Gasteiger charge is -2.04. The third-order valence-corrected chi connectivity index (χ3v) is 5.56. The molecule has 0 saturated carbocycles. The van der Waals surface area contributed by atoms with E-state index < -0.39 is 0 Å². The molecule has 1 heterocycles. The highest BCUT2D eigenvalue weighted by atomic mass is 35.5. The monoisotopic (exact) mass is 408 g/mol. The second-order valence-electron chi connectivity index (χ2n) is 5.07. The van der Waals surface area contributed by atoms with Crippen LogP contribution in [0, 0.1) is 0 Å². The SMILES string of the molecule is CCSc1ccc(C(=O)Nc2nc(-c3ccc(Cl)cc3Cl)cs2)cc1. The highest BCUT2D eigenvalue weighted by Gasteiger charge is 2.12. The van der Waals surface area contributed by atoms with Gasteiger partial charge in [0.15, 0.2) is 5.13 Å². The Morgan fingerprint density at radius 1 is 1.20 bits per heavy atom. The molecule has 3 aromatic rings. The fraction of sp³-hybridized carbons (Fsp3) is 0.111. The number of nitrogens with one attached hydrogen (secondary N) is 1. The van der Waals surface area contributed by atoms with Crippen molar-refractivity contribution in [1.29, 1.82) is 0 Å². The molecule has 3 nitrogen and oxygen atoms in total. The minimum absolute atomic E-state index is 0.184. The number of carbonyl (C=O) groups excluding carboxylic acids is 1. The molecule has 0 radical (unpaired) electrons. The predicted molar refractivity (Wildman–Crippen MR) is 108 cm³/mol. The Hall–Kier alpha value is -1.53. The molecule has 1 N–H and O–H groups in total. The molecular formula is C18H14Cl2N2OS2. The van der Waals surface area contributed by atoms with Crippen LogP contribution in [0.4, 0.5) is 5.13 Å². The minimum atomic E-state index is -0.184. The number of hydrogen-bond acceptors (Lipinski definition) is 4. The summed E-state index contributed by atoms with van der Waals surface area (Å²) in [6.07, 6.45) is 0. The van der Waals surface area contributed by atoms with E-state index in [1.54, 1.807) is 23.9 Å². The maximum Gasteiger partial charge on any atom is 0.257 e. The standard InChI is InChI=1S/C18H14Cl2N2OS2/c1-2-24-13-6-3-11(4-7-13)17(23)22-18-21-16(10-25-18)14-8-5-12(19)9-15(14)20/h3-10H,2H2,1H3,(H,21,22,23). The van der Waals surface area contributed by atoms with E-state index in [0.717, 1.165) is 16.2 Å². The Labute approximate surface area is 164 Å². The van der Waals surface area contributed by atoms with Crippen LogP contribution in [0.15, 0.2) is 52.7 Å². The van der Waals surface area contributed by atoms with Crippen LogP contribution in [0.25, 0.3) is 11.3 Å². The van der Waals surface area contributed by atoms with Crippen molar-refractivity contribution in [2.24, 2.45) is 0 Å². The van der Waals surface area contributed by atoms with Crippen LogP contribution in [-0.2, 0) is 0 Å². The van der Waals surface area contributed by atoms with Crippen LogP contribution in [0.1, 0.15) is 17.3 Å². The first-order valence-corrected chi connectivity index (χ1v) is 10.1. The van der Waals surface area contributed by atoms with Gasteiger partial charge in [-0.05, 0) is 48.2 Å². The summed E-state index contributed by atoms with van der Waals surface area (Å²) in [5, 5.41) is 6.30. The topological polar surface area (TPSA) is 42.0 Å². The molecule has 128 valence electrons. The lowest BCUT2D eigenvalue weighted by molar-refractivity contribution is 0.102. The van der Waals surface area contributed by atoms with Crippen molar-refractivity contribution < 1.29 is 4.79 Å². The second kappa shape index (κ2) is 8.23. The minimum Gasteiger partial charge on any atom is -0.298 e. The summed E-state index contributed by atoms with van der Waals surface area (Å²) in [6, 6.07) is 12.8. The van der Waals surface area contributed by atoms with Gasteiger partial charge in [0.1, 0.15) is 0 Å². The molecule has 0 unspecified atom stereocenters. The van der Waals surface area contributed by atoms with Crippen LogP contribution in [0.5, 0.6) is 0 Å². The Kier molecular flexibility index (Phi) is 6.02. The van der Waals surface area contributed by atoms with Crippen LogP contribution < -0.4 is 5.32 Å². The van der Waals surface area contributed by atoms with Crippen molar-refractivity contribution in [3.05, 3.63) is 63.5 Å². The Morgan fingerprint density at radius 2 is 1.96 bits per heavy atom. The molecule has 0 atom stereocenters. The number of rotatable bonds is 5. The van der Waals surface area contributed by atoms with E-state index in [1.807, 2.05) is 35.7 Å². The van der Waals surface area contributed by atoms with Gasteiger partial charge >= 0.3 is 0 Å². The van der Waals surface area contributed by atoms with Gasteiger partial charge in [0.05, 0.1) is 10.7 Å². The Balaban J connectivity index is 1.73. The molecule has 2 aromatic carbocycles. The van der Waals surface area contributed by atoms with Crippen molar-refractivity contribution in [2.75, 3.05) is 11.1 Å². The van der Waals surface area contributed by atoms with Crippen molar-refractivity contribution in [3.8, 4) is 11.3 Å². The van der Waals surface area contributed by atoms with E-state index in [-0.39, 0.29) is 5.91 Å². The first kappa shape index (κ1) is 18.3. The van der Waals surface area contributed by atoms with Gasteiger partial charge < -0.3 is 0 Å². The molecule has 1 aromatic heterocycles. The molecule has 1 amide bonds. The summed E-state index contributed by atoms with van der Waals surface area (Å²) in [7, 11) is 0. The van der Waals surface area contributed by atoms with Gasteiger partial charge in [0.25, 0.3) is 5.91 Å². The number of carbonyl (C=O) groups is 1. The molecule has 3 rings (SSSR count). The maximum absolute atomic E-state index is 12.3. The van der Waals surface area contributed by atoms with Gasteiger partial charge in [-0.15, -0.1) is 23.1 Å². The van der Waals surface area contributed by atoms with E-state index in [2.05, 4.69) is 17.2 Å². The zero-order valence-electron chi connectivity index (χ0n) is 13.3. The summed E-state index contributed by atoms with van der Waals surface area (Å²) in [6.45, 7) is 2.10. The molecular weight excluding hydrogens is 395 g/mol. The van der Waals surface area contributed by atoms with Gasteiger partial charge in [0, 0.05) is 26.4 Å². The van der Waals surface area contributed by atoms with E-state index in [0.29, 0.717) is 26.4 Å². The summed E-state index contributed by atoms with van der Waals surface area (Å²) >= 11 is 15.2. The number of amides is 1. The number of thiazole rings is 1. The molecule has 0 saturated heterocycles. The van der Waals surface area contributed by atoms with Crippen LogP contribution in [0.3, 0.4) is 0 Å². The van der Waals surface area contributed by atoms with E-state index in [4.69, 9.17) is 23.2 Å². The fourth-order valence-corrected chi connectivity index (χ4v) is 4.06. The molecule has 25 heavy (non-hydrogen) atoms. The quantitative estimate of drug-likeness (QED) is 0.491. The van der Waals surface area contributed by atoms with Crippen LogP contribution in [-0.4, -0.2) is 16.6 Å². The highest BCUT2D eigenvalue weighted by molar-refractivity contribution is 7.99. The molecule has 0 aliphatic heterocycles. The Morgan fingerprint density at radius 3 is 2.64 bits per heavy atom. The molecule has 0 aliphatic rings. The van der Waals surface area contributed by atoms with E-state index >= 15 is 0 Å². The van der Waals surface area contributed by atoms with Crippen LogP contribution >= 0.6 is 46.3 Å². The van der Waals surface area contributed by atoms with Gasteiger partial charge in [-0.25, -0.2) is 4.98 Å². The highest BCUT2D eigenvalue weighted by Crippen LogP contribution is 2.32. The zero-order chi connectivity index (χ0) is 17.8. The largest absolute Gasteiger partial charge is 0.298 e. The van der Waals surface area contributed by atoms with Gasteiger partial charge in [-0.2, -0.15) is 0 Å². The number of thioether (sulfide) groups is 1. The Bertz CT molecular complexity index is 894. The summed E-state index contributed by atoms with van der Waals surface area (Å²) in [5.74, 6) is 0.817. The number of nitrogens with zero attached hydrogens (tertiary/aromatic N) is 1. The second-order valence-corrected chi connectivity index (χ2v) is 8.11. The van der Waals surface area contributed by atoms with Crippen molar-refractivity contribution in [2.45, 2.75) is 11.8 Å². The number of halogens is 2. The maximum atomic E-state index is 12.3. The normalized spacial score (nSPS) is 10.7. The molecule has 0 fully saturated rings. The van der Waals surface area contributed by atoms with Crippen molar-refractivity contribution >= 4 is 57.3 Å². The lowest BCUT2D eigenvalue weighted by Crippen LogP contribution is -2.11. The fourth-order valence-electron chi connectivity index (χ4n) is 2.19. The first-order valence-electron chi connectivity index (χ1n) is 7.52. The average molecular weight is 409 g/mol. The van der Waals surface area contributed by atoms with Gasteiger partial charge in [-0.1, -0.05) is 30.1 Å². The number of aromatic nitrogens is 1. The lowest BCUT2D eigenvalue weighted by atomic mass is 10.2. The third-order valence-electron chi connectivity index (χ3n) is 3.36. The molecule has 0 bridgehead atoms. The third kappa shape index (κ3) is 4.55. The average Bonchev–Trinajstić information content (AvgIpc) is 3.04. The van der Waals surface area contributed by atoms with E-state index in [9.17, 15) is 4.79 Å². The predicted octanol–water partition coefficient (Wildman–Crippen LogP) is 6.48.